The molecule has 2 atom stereocenters. The Kier molecular flexibility index (Phi) is 6.48. The standard InChI is InChI=1S/C11H7BrF12O2/c1-3-5(25)26-4(2)6(12,13)7(14,15)8(16,17)9(18,19)10(20,21)11(22,23)24/h3-4H,1H2,2H3. The van der Waals surface area contributed by atoms with E-state index in [0.29, 0.717) is 0 Å². The third kappa shape index (κ3) is 3.50. The average Bonchev–Trinajstić information content (AvgIpc) is 2.44. The molecule has 2 unspecified atom stereocenters. The van der Waals surface area contributed by atoms with E-state index in [0.717, 1.165) is 0 Å². The molecule has 0 radical (unpaired) electrons. The van der Waals surface area contributed by atoms with Crippen LogP contribution in [-0.4, -0.2) is 46.5 Å². The lowest BCUT2D eigenvalue weighted by Crippen LogP contribution is -2.71. The molecule has 0 spiro atoms. The summed E-state index contributed by atoms with van der Waals surface area (Å²) in [6.07, 6.45) is -10.2. The van der Waals surface area contributed by atoms with E-state index in [-0.39, 0.29) is 13.0 Å². The lowest BCUT2D eigenvalue weighted by molar-refractivity contribution is -0.429. The van der Waals surface area contributed by atoms with Crippen LogP contribution in [0.15, 0.2) is 12.7 Å². The fourth-order valence-corrected chi connectivity index (χ4v) is 1.68. The van der Waals surface area contributed by atoms with Crippen molar-refractivity contribution in [3.63, 3.8) is 0 Å². The molecule has 0 aromatic rings. The molecule has 0 aliphatic rings. The maximum absolute atomic E-state index is 14.0. The van der Waals surface area contributed by atoms with Crippen LogP contribution < -0.4 is 0 Å². The summed E-state index contributed by atoms with van der Waals surface area (Å²) in [5, 5.41) is 0. The molecular formula is C11H7BrF12O2. The van der Waals surface area contributed by atoms with Crippen molar-refractivity contribution in [3.8, 4) is 0 Å². The first kappa shape index (κ1) is 24.8. The predicted molar refractivity (Wildman–Crippen MR) is 64.4 cm³/mol. The van der Waals surface area contributed by atoms with Gasteiger partial charge in [-0.1, -0.05) is 6.58 Å². The smallest absolute Gasteiger partial charge is 0.455 e. The Morgan fingerprint density at radius 1 is 0.846 bits per heavy atom. The van der Waals surface area contributed by atoms with Crippen LogP contribution in [0.25, 0.3) is 0 Å². The highest BCUT2D eigenvalue weighted by Gasteiger charge is 2.90. The van der Waals surface area contributed by atoms with E-state index in [1.54, 1.807) is 0 Å². The van der Waals surface area contributed by atoms with Crippen molar-refractivity contribution >= 4 is 21.9 Å². The minimum Gasteiger partial charge on any atom is -0.455 e. The zero-order valence-electron chi connectivity index (χ0n) is 12.1. The number of carbonyl (C=O) groups is 1. The highest BCUT2D eigenvalue weighted by molar-refractivity contribution is 9.10. The van der Waals surface area contributed by atoms with E-state index >= 15 is 0 Å². The van der Waals surface area contributed by atoms with Gasteiger partial charge < -0.3 is 4.74 Å². The van der Waals surface area contributed by atoms with Gasteiger partial charge in [-0.25, -0.2) is 9.18 Å². The molecular weight excluding hydrogens is 472 g/mol. The van der Waals surface area contributed by atoms with Crippen LogP contribution in [0, 0.1) is 0 Å². The number of halogens is 13. The Hall–Kier alpha value is -1.15. The lowest BCUT2D eigenvalue weighted by atomic mass is 9.93. The van der Waals surface area contributed by atoms with Gasteiger partial charge in [0.1, 0.15) is 6.10 Å². The van der Waals surface area contributed by atoms with Crippen LogP contribution >= 0.6 is 15.9 Å². The summed E-state index contributed by atoms with van der Waals surface area (Å²) in [7, 11) is 0. The Morgan fingerprint density at radius 3 is 1.50 bits per heavy atom. The maximum atomic E-state index is 14.0. The summed E-state index contributed by atoms with van der Waals surface area (Å²) >= 11 is 1.20. The molecule has 0 saturated heterocycles. The van der Waals surface area contributed by atoms with E-state index in [1.165, 1.54) is 15.9 Å². The number of hydrogen-bond donors (Lipinski definition) is 0. The predicted octanol–water partition coefficient (Wildman–Crippen LogP) is 5.27. The van der Waals surface area contributed by atoms with Crippen LogP contribution in [0.1, 0.15) is 6.92 Å². The second-order valence-corrected chi connectivity index (χ2v) is 5.86. The Bertz CT molecular complexity index is 554. The van der Waals surface area contributed by atoms with Crippen molar-refractivity contribution in [2.24, 2.45) is 0 Å². The van der Waals surface area contributed by atoms with Gasteiger partial charge in [-0.2, -0.15) is 48.3 Å². The molecule has 154 valence electrons. The van der Waals surface area contributed by atoms with Gasteiger partial charge in [-0.15, -0.1) is 0 Å². The van der Waals surface area contributed by atoms with Gasteiger partial charge in [-0.05, 0) is 22.9 Å². The van der Waals surface area contributed by atoms with Crippen molar-refractivity contribution < 1.29 is 62.2 Å². The van der Waals surface area contributed by atoms with Gasteiger partial charge in [0.05, 0.1) is 0 Å². The van der Waals surface area contributed by atoms with Crippen molar-refractivity contribution in [2.75, 3.05) is 0 Å². The van der Waals surface area contributed by atoms with E-state index in [1.807, 2.05) is 0 Å². The molecule has 0 aromatic carbocycles. The Balaban J connectivity index is 6.23. The summed E-state index contributed by atoms with van der Waals surface area (Å²) in [6, 6.07) is 0. The highest BCUT2D eigenvalue weighted by Crippen LogP contribution is 2.61. The van der Waals surface area contributed by atoms with Crippen LogP contribution in [0.2, 0.25) is 0 Å². The molecule has 0 aliphatic heterocycles. The summed E-state index contributed by atoms with van der Waals surface area (Å²) < 4.78 is 154. The molecule has 0 aromatic heterocycles. The van der Waals surface area contributed by atoms with Crippen molar-refractivity contribution in [3.05, 3.63) is 12.7 Å². The molecule has 0 aliphatic carbocycles. The minimum absolute atomic E-state index is 0.111. The van der Waals surface area contributed by atoms with Gasteiger partial charge in [0.2, 0.25) is 0 Å². The molecule has 0 bridgehead atoms. The summed E-state index contributed by atoms with van der Waals surface area (Å²) in [5.74, 6) is -31.7. The van der Waals surface area contributed by atoms with Gasteiger partial charge >= 0.3 is 35.8 Å². The number of hydrogen-bond acceptors (Lipinski definition) is 2. The third-order valence-electron chi connectivity index (χ3n) is 2.93. The summed E-state index contributed by atoms with van der Waals surface area (Å²) in [5.41, 5.74) is 0. The monoisotopic (exact) mass is 478 g/mol. The average molecular weight is 479 g/mol. The van der Waals surface area contributed by atoms with Crippen LogP contribution in [0.3, 0.4) is 0 Å². The normalized spacial score (nSPS) is 18.1. The third-order valence-corrected chi connectivity index (χ3v) is 4.07. The van der Waals surface area contributed by atoms with Crippen molar-refractivity contribution in [1.29, 1.82) is 0 Å². The summed E-state index contributed by atoms with van der Waals surface area (Å²) in [4.78, 5) is 10.8. The lowest BCUT2D eigenvalue weighted by Gasteiger charge is -2.41. The largest absolute Gasteiger partial charge is 0.460 e. The second-order valence-electron chi connectivity index (χ2n) is 4.70. The topological polar surface area (TPSA) is 26.3 Å². The second kappa shape index (κ2) is 6.78. The molecule has 0 amide bonds. The molecule has 15 heteroatoms. The van der Waals surface area contributed by atoms with Gasteiger partial charge in [0.15, 0.2) is 0 Å². The number of esters is 1. The number of ether oxygens (including phenoxy) is 1. The van der Waals surface area contributed by atoms with Crippen LogP contribution in [0.4, 0.5) is 52.7 Å². The number of alkyl halides is 13. The molecule has 0 rings (SSSR count). The van der Waals surface area contributed by atoms with Crippen molar-refractivity contribution in [2.45, 2.75) is 47.5 Å². The molecule has 0 saturated carbocycles. The van der Waals surface area contributed by atoms with Crippen LogP contribution in [-0.2, 0) is 9.53 Å². The van der Waals surface area contributed by atoms with E-state index in [4.69, 9.17) is 0 Å². The molecule has 26 heavy (non-hydrogen) atoms. The SMILES string of the molecule is C=CC(=O)OC(C)C(F)(Br)C(F)(F)C(F)(F)C(F)(F)C(F)(F)C(F)(F)F. The number of rotatable bonds is 7. The quantitative estimate of drug-likeness (QED) is 0.216. The van der Waals surface area contributed by atoms with E-state index < -0.39 is 46.5 Å². The van der Waals surface area contributed by atoms with E-state index in [9.17, 15) is 57.5 Å². The maximum Gasteiger partial charge on any atom is 0.460 e. The van der Waals surface area contributed by atoms with Gasteiger partial charge in [-0.3, -0.25) is 0 Å². The first-order valence-electron chi connectivity index (χ1n) is 5.91. The first-order valence-corrected chi connectivity index (χ1v) is 6.71. The first-order chi connectivity index (χ1) is 11.1. The molecule has 0 fully saturated rings. The Morgan fingerprint density at radius 2 is 1.19 bits per heavy atom. The van der Waals surface area contributed by atoms with E-state index in [2.05, 4.69) is 11.3 Å². The summed E-state index contributed by atoms with van der Waals surface area (Å²) in [6.45, 7) is 2.82. The zero-order valence-corrected chi connectivity index (χ0v) is 13.7. The molecule has 0 N–H and O–H groups in total. The fraction of sp³-hybridized carbons (Fsp3) is 0.727. The molecule has 2 nitrogen and oxygen atoms in total. The molecule has 0 heterocycles. The van der Waals surface area contributed by atoms with Gasteiger partial charge in [0.25, 0.3) is 4.58 Å². The van der Waals surface area contributed by atoms with Crippen molar-refractivity contribution in [1.82, 2.24) is 0 Å². The fourth-order valence-electron chi connectivity index (χ4n) is 1.33. The Labute approximate surface area is 145 Å². The minimum atomic E-state index is -7.78. The highest BCUT2D eigenvalue weighted by atomic mass is 79.9. The number of carbonyl (C=O) groups excluding carboxylic acids is 1. The zero-order chi connectivity index (χ0) is 21.6. The van der Waals surface area contributed by atoms with Crippen LogP contribution in [0.5, 0.6) is 0 Å². The van der Waals surface area contributed by atoms with Gasteiger partial charge in [0, 0.05) is 6.08 Å².